The second-order valence-corrected chi connectivity index (χ2v) is 7.06. The first-order valence-electron chi connectivity index (χ1n) is 9.51. The lowest BCUT2D eigenvalue weighted by molar-refractivity contribution is 0.0945. The second-order valence-electron chi connectivity index (χ2n) is 7.06. The van der Waals surface area contributed by atoms with Gasteiger partial charge in [-0.05, 0) is 62.9 Å². The molecule has 3 rings (SSSR count). The van der Waals surface area contributed by atoms with Crippen LogP contribution in [-0.4, -0.2) is 25.1 Å². The van der Waals surface area contributed by atoms with Crippen LogP contribution in [0.2, 0.25) is 0 Å². The van der Waals surface area contributed by atoms with E-state index in [1.807, 2.05) is 32.0 Å². The molecule has 0 spiro atoms. The van der Waals surface area contributed by atoms with Crippen molar-refractivity contribution in [3.63, 3.8) is 0 Å². The van der Waals surface area contributed by atoms with Crippen LogP contribution >= 0.6 is 0 Å². The molecule has 1 heterocycles. The summed E-state index contributed by atoms with van der Waals surface area (Å²) < 4.78 is 5.74. The summed E-state index contributed by atoms with van der Waals surface area (Å²) in [5, 5.41) is 3.00. The number of nitrogens with one attached hydrogen (secondary N) is 1. The predicted molar refractivity (Wildman–Crippen MR) is 106 cm³/mol. The van der Waals surface area contributed by atoms with Crippen molar-refractivity contribution in [1.29, 1.82) is 0 Å². The largest absolute Gasteiger partial charge is 0.490 e. The van der Waals surface area contributed by atoms with Crippen LogP contribution in [0, 0.1) is 0 Å². The van der Waals surface area contributed by atoms with E-state index in [1.165, 1.54) is 24.9 Å². The molecule has 1 amide bonds. The van der Waals surface area contributed by atoms with Crippen molar-refractivity contribution in [2.45, 2.75) is 45.8 Å². The van der Waals surface area contributed by atoms with Crippen LogP contribution in [0.25, 0.3) is 0 Å². The van der Waals surface area contributed by atoms with E-state index < -0.39 is 0 Å². The highest BCUT2D eigenvalue weighted by atomic mass is 16.5. The molecule has 1 aliphatic heterocycles. The zero-order chi connectivity index (χ0) is 18.4. The molecule has 1 fully saturated rings. The van der Waals surface area contributed by atoms with Gasteiger partial charge in [-0.15, -0.1) is 0 Å². The third kappa shape index (κ3) is 4.78. The van der Waals surface area contributed by atoms with Crippen molar-refractivity contribution in [3.8, 4) is 5.75 Å². The van der Waals surface area contributed by atoms with E-state index in [-0.39, 0.29) is 12.0 Å². The van der Waals surface area contributed by atoms with Crippen molar-refractivity contribution in [1.82, 2.24) is 5.32 Å². The van der Waals surface area contributed by atoms with Gasteiger partial charge >= 0.3 is 0 Å². The quantitative estimate of drug-likeness (QED) is 0.838. The Morgan fingerprint density at radius 2 is 1.73 bits per heavy atom. The van der Waals surface area contributed by atoms with Crippen molar-refractivity contribution in [3.05, 3.63) is 59.7 Å². The molecule has 1 saturated heterocycles. The van der Waals surface area contributed by atoms with Gasteiger partial charge in [-0.3, -0.25) is 4.79 Å². The van der Waals surface area contributed by atoms with Crippen molar-refractivity contribution in [2.75, 3.05) is 18.0 Å². The maximum atomic E-state index is 12.5. The molecule has 2 aromatic rings. The van der Waals surface area contributed by atoms with Gasteiger partial charge in [-0.1, -0.05) is 24.3 Å². The summed E-state index contributed by atoms with van der Waals surface area (Å²) in [6.45, 7) is 6.71. The lowest BCUT2D eigenvalue weighted by Crippen LogP contribution is -2.29. The van der Waals surface area contributed by atoms with Crippen LogP contribution in [0.1, 0.15) is 49.0 Å². The SMILES string of the molecule is CC(C)Oc1ccccc1C(=O)NCc1ccc(N2CCCCC2)cc1. The van der Waals surface area contributed by atoms with Gasteiger partial charge in [0.25, 0.3) is 5.91 Å². The van der Waals surface area contributed by atoms with E-state index in [0.29, 0.717) is 17.9 Å². The molecule has 0 aromatic heterocycles. The Bertz CT molecular complexity index is 719. The normalized spacial score (nSPS) is 14.3. The summed E-state index contributed by atoms with van der Waals surface area (Å²) in [6.07, 6.45) is 3.92. The van der Waals surface area contributed by atoms with E-state index in [9.17, 15) is 4.79 Å². The highest BCUT2D eigenvalue weighted by Gasteiger charge is 2.13. The van der Waals surface area contributed by atoms with Crippen LogP contribution in [0.15, 0.2) is 48.5 Å². The number of nitrogens with zero attached hydrogens (tertiary/aromatic N) is 1. The monoisotopic (exact) mass is 352 g/mol. The minimum absolute atomic E-state index is 0.0336. The Labute approximate surface area is 156 Å². The van der Waals surface area contributed by atoms with Crippen molar-refractivity contribution >= 4 is 11.6 Å². The molecule has 0 unspecified atom stereocenters. The van der Waals surface area contributed by atoms with E-state index in [0.717, 1.165) is 18.7 Å². The van der Waals surface area contributed by atoms with Crippen LogP contribution in [0.5, 0.6) is 5.75 Å². The predicted octanol–water partition coefficient (Wildman–Crippen LogP) is 4.39. The molecule has 0 aliphatic carbocycles. The van der Waals surface area contributed by atoms with Crippen LogP contribution in [0.4, 0.5) is 5.69 Å². The fourth-order valence-electron chi connectivity index (χ4n) is 3.27. The first-order chi connectivity index (χ1) is 12.6. The second kappa shape index (κ2) is 8.75. The average molecular weight is 352 g/mol. The highest BCUT2D eigenvalue weighted by Crippen LogP contribution is 2.21. The fourth-order valence-corrected chi connectivity index (χ4v) is 3.27. The van der Waals surface area contributed by atoms with E-state index in [4.69, 9.17) is 4.74 Å². The number of amides is 1. The molecule has 0 bridgehead atoms. The highest BCUT2D eigenvalue weighted by molar-refractivity contribution is 5.96. The summed E-state index contributed by atoms with van der Waals surface area (Å²) in [5.41, 5.74) is 2.95. The molecule has 0 saturated carbocycles. The number of hydrogen-bond donors (Lipinski definition) is 1. The third-order valence-corrected chi connectivity index (χ3v) is 4.60. The lowest BCUT2D eigenvalue weighted by atomic mass is 10.1. The van der Waals surface area contributed by atoms with E-state index in [1.54, 1.807) is 6.07 Å². The zero-order valence-corrected chi connectivity index (χ0v) is 15.7. The summed E-state index contributed by atoms with van der Waals surface area (Å²) in [6, 6.07) is 15.9. The number of piperidine rings is 1. The Kier molecular flexibility index (Phi) is 6.16. The lowest BCUT2D eigenvalue weighted by Gasteiger charge is -2.28. The smallest absolute Gasteiger partial charge is 0.255 e. The molecule has 1 N–H and O–H groups in total. The summed E-state index contributed by atoms with van der Waals surface area (Å²) in [4.78, 5) is 15.0. The standard InChI is InChI=1S/C22H28N2O2/c1-17(2)26-21-9-5-4-8-20(21)22(25)23-16-18-10-12-19(13-11-18)24-14-6-3-7-15-24/h4-5,8-13,17H,3,6-7,14-16H2,1-2H3,(H,23,25). The Balaban J connectivity index is 1.59. The number of hydrogen-bond acceptors (Lipinski definition) is 3. The maximum absolute atomic E-state index is 12.5. The van der Waals surface area contributed by atoms with Gasteiger partial charge in [0.15, 0.2) is 0 Å². The van der Waals surface area contributed by atoms with Gasteiger partial charge in [0.2, 0.25) is 0 Å². The first kappa shape index (κ1) is 18.3. The molecule has 26 heavy (non-hydrogen) atoms. The summed E-state index contributed by atoms with van der Waals surface area (Å²) in [7, 11) is 0. The van der Waals surface area contributed by atoms with Crippen LogP contribution < -0.4 is 15.0 Å². The minimum atomic E-state index is -0.110. The molecule has 4 heteroatoms. The van der Waals surface area contributed by atoms with Crippen LogP contribution in [-0.2, 0) is 6.54 Å². The third-order valence-electron chi connectivity index (χ3n) is 4.60. The zero-order valence-electron chi connectivity index (χ0n) is 15.7. The number of para-hydroxylation sites is 1. The molecule has 138 valence electrons. The fraction of sp³-hybridized carbons (Fsp3) is 0.409. The summed E-state index contributed by atoms with van der Waals surface area (Å²) >= 11 is 0. The topological polar surface area (TPSA) is 41.6 Å². The molecule has 1 aliphatic rings. The van der Waals surface area contributed by atoms with E-state index in [2.05, 4.69) is 34.5 Å². The number of carbonyl (C=O) groups excluding carboxylic acids is 1. The van der Waals surface area contributed by atoms with Gasteiger partial charge < -0.3 is 15.0 Å². The molecule has 2 aromatic carbocycles. The summed E-state index contributed by atoms with van der Waals surface area (Å²) in [5.74, 6) is 0.516. The Hall–Kier alpha value is -2.49. The number of carbonyl (C=O) groups is 1. The molecule has 4 nitrogen and oxygen atoms in total. The molecule has 0 atom stereocenters. The Morgan fingerprint density at radius 1 is 1.04 bits per heavy atom. The minimum Gasteiger partial charge on any atom is -0.490 e. The number of benzene rings is 2. The van der Waals surface area contributed by atoms with Gasteiger partial charge in [-0.2, -0.15) is 0 Å². The molecule has 0 radical (unpaired) electrons. The molecular formula is C22H28N2O2. The number of ether oxygens (including phenoxy) is 1. The molecular weight excluding hydrogens is 324 g/mol. The van der Waals surface area contributed by atoms with Crippen molar-refractivity contribution in [2.24, 2.45) is 0 Å². The first-order valence-corrected chi connectivity index (χ1v) is 9.51. The Morgan fingerprint density at radius 3 is 2.42 bits per heavy atom. The van der Waals surface area contributed by atoms with E-state index >= 15 is 0 Å². The van der Waals surface area contributed by atoms with Gasteiger partial charge in [0.05, 0.1) is 11.7 Å². The van der Waals surface area contributed by atoms with Crippen LogP contribution in [0.3, 0.4) is 0 Å². The van der Waals surface area contributed by atoms with Gasteiger partial charge in [0, 0.05) is 25.3 Å². The number of rotatable bonds is 6. The average Bonchev–Trinajstić information content (AvgIpc) is 2.67. The van der Waals surface area contributed by atoms with Gasteiger partial charge in [0.1, 0.15) is 5.75 Å². The number of anilines is 1. The maximum Gasteiger partial charge on any atom is 0.255 e. The van der Waals surface area contributed by atoms with Gasteiger partial charge in [-0.25, -0.2) is 0 Å². The van der Waals surface area contributed by atoms with Crippen molar-refractivity contribution < 1.29 is 9.53 Å².